The Hall–Kier alpha value is -1.44. The fourth-order valence-electron chi connectivity index (χ4n) is 3.66. The summed E-state index contributed by atoms with van der Waals surface area (Å²) in [5.41, 5.74) is 2.86. The van der Waals surface area contributed by atoms with Crippen LogP contribution in [0.5, 0.6) is 0 Å². The molecular formula is C32H54N2OW. The third-order valence-electron chi connectivity index (χ3n) is 5.32. The summed E-state index contributed by atoms with van der Waals surface area (Å²) in [7, 11) is 0. The van der Waals surface area contributed by atoms with E-state index in [1.807, 2.05) is 96.1 Å². The Bertz CT molecular complexity index is 673. The van der Waals surface area contributed by atoms with E-state index in [4.69, 9.17) is 0 Å². The minimum Gasteiger partial charge on any atom is -0.490 e. The minimum absolute atomic E-state index is 0. The van der Waals surface area contributed by atoms with E-state index in [2.05, 4.69) is 23.6 Å². The quantitative estimate of drug-likeness (QED) is 0.156. The van der Waals surface area contributed by atoms with Crippen LogP contribution in [0.2, 0.25) is 0 Å². The number of hydrogen-bond acceptors (Lipinski definition) is 2. The van der Waals surface area contributed by atoms with Gasteiger partial charge in [-0.1, -0.05) is 135 Å². The molecule has 2 aromatic carbocycles. The molecule has 1 heterocycles. The normalized spacial score (nSPS) is 11.8. The molecule has 2 aromatic rings. The second kappa shape index (κ2) is 31.6. The Morgan fingerprint density at radius 1 is 0.778 bits per heavy atom. The molecule has 1 N–H and O–H groups in total. The van der Waals surface area contributed by atoms with Gasteiger partial charge in [0.2, 0.25) is 0 Å². The second-order valence-corrected chi connectivity index (χ2v) is 7.61. The van der Waals surface area contributed by atoms with Gasteiger partial charge in [0.05, 0.1) is 6.41 Å². The molecule has 1 amide bonds. The number of carbonyl (C=O) groups excluding carboxylic acids is 1. The minimum atomic E-state index is 0. The summed E-state index contributed by atoms with van der Waals surface area (Å²) in [6, 6.07) is 17.6. The Labute approximate surface area is 239 Å². The number of anilines is 1. The van der Waals surface area contributed by atoms with Crippen LogP contribution in [0.1, 0.15) is 99.8 Å². The smallest absolute Gasteiger partial charge is 0.490 e. The molecule has 3 rings (SSSR count). The monoisotopic (exact) mass is 666 g/mol. The first-order valence-electron chi connectivity index (χ1n) is 14.2. The van der Waals surface area contributed by atoms with Gasteiger partial charge in [-0.15, -0.1) is 11.8 Å². The van der Waals surface area contributed by atoms with Crippen LogP contribution < -0.4 is 5.32 Å². The number of rotatable bonds is 10. The predicted octanol–water partition coefficient (Wildman–Crippen LogP) is 9.56. The van der Waals surface area contributed by atoms with Crippen molar-refractivity contribution in [1.82, 2.24) is 4.90 Å². The first-order valence-corrected chi connectivity index (χ1v) is 14.2. The third kappa shape index (κ3) is 19.7. The zero-order valence-electron chi connectivity index (χ0n) is 24.3. The Morgan fingerprint density at radius 2 is 1.31 bits per heavy atom. The third-order valence-corrected chi connectivity index (χ3v) is 5.32. The van der Waals surface area contributed by atoms with Crippen molar-refractivity contribution < 1.29 is 25.9 Å². The van der Waals surface area contributed by atoms with Crippen molar-refractivity contribution in [2.75, 3.05) is 25.0 Å². The molecule has 4 heteroatoms. The Morgan fingerprint density at radius 3 is 1.89 bits per heavy atom. The van der Waals surface area contributed by atoms with Gasteiger partial charge in [0, 0.05) is 0 Å². The van der Waals surface area contributed by atoms with Crippen LogP contribution in [0.15, 0.2) is 54.6 Å². The van der Waals surface area contributed by atoms with E-state index in [0.717, 1.165) is 16.8 Å². The van der Waals surface area contributed by atoms with Crippen molar-refractivity contribution in [2.24, 2.45) is 0 Å². The SMILES string of the molecule is CC.CC.CC.CCCCCCCCN1CC[CH-]CC1.O=[C-]Nc1ccccc1-c1ccccc1.[W+2]. The van der Waals surface area contributed by atoms with Gasteiger partial charge in [-0.3, -0.25) is 0 Å². The number of unbranched alkanes of at least 4 members (excludes halogenated alkanes) is 5. The van der Waals surface area contributed by atoms with E-state index in [1.165, 1.54) is 71.0 Å². The van der Waals surface area contributed by atoms with E-state index in [1.54, 1.807) is 6.41 Å². The molecule has 0 atom stereocenters. The molecule has 0 aliphatic carbocycles. The van der Waals surface area contributed by atoms with Crippen molar-refractivity contribution in [2.45, 2.75) is 99.8 Å². The van der Waals surface area contributed by atoms with Gasteiger partial charge in [0.15, 0.2) is 0 Å². The number of likely N-dealkylation sites (tertiary alicyclic amines) is 1. The van der Waals surface area contributed by atoms with E-state index in [-0.39, 0.29) is 21.1 Å². The van der Waals surface area contributed by atoms with Crippen molar-refractivity contribution in [3.63, 3.8) is 0 Å². The van der Waals surface area contributed by atoms with Crippen LogP contribution in [0.3, 0.4) is 0 Å². The zero-order chi connectivity index (χ0) is 26.6. The van der Waals surface area contributed by atoms with Gasteiger partial charge in [-0.05, 0) is 31.6 Å². The summed E-state index contributed by atoms with van der Waals surface area (Å²) in [6.45, 7) is 18.3. The number of piperidine rings is 1. The van der Waals surface area contributed by atoms with Crippen LogP contribution in [-0.2, 0) is 25.9 Å². The zero-order valence-corrected chi connectivity index (χ0v) is 27.2. The number of benzene rings is 2. The summed E-state index contributed by atoms with van der Waals surface area (Å²) in [6.07, 6.45) is 15.3. The second-order valence-electron chi connectivity index (χ2n) is 7.61. The van der Waals surface area contributed by atoms with E-state index in [0.29, 0.717) is 0 Å². The topological polar surface area (TPSA) is 32.3 Å². The number of nitrogens with one attached hydrogen (secondary N) is 1. The number of amides is 1. The maximum Gasteiger partial charge on any atom is 2.00 e. The first-order chi connectivity index (χ1) is 17.3. The molecule has 1 saturated heterocycles. The van der Waals surface area contributed by atoms with Crippen molar-refractivity contribution in [3.8, 4) is 11.1 Å². The summed E-state index contributed by atoms with van der Waals surface area (Å²) in [5.74, 6) is 0. The predicted molar refractivity (Wildman–Crippen MR) is 159 cm³/mol. The van der Waals surface area contributed by atoms with Crippen LogP contribution in [0.4, 0.5) is 5.69 Å². The standard InChI is InChI=1S/C13H10NO.C13H26N.3C2H6.W/c15-10-14-13-9-5-4-8-12(13)11-6-2-1-3-7-11;1-2-3-4-5-6-8-11-14-12-9-7-10-13-14;3*1-2;/h1-9H,(H,14,15);7H,2-6,8-13H2,1H3;3*1-2H3;/q2*-1;;;;+2. The van der Waals surface area contributed by atoms with Crippen LogP contribution in [0.25, 0.3) is 11.1 Å². The summed E-state index contributed by atoms with van der Waals surface area (Å²) >= 11 is 0. The van der Waals surface area contributed by atoms with Crippen LogP contribution in [0, 0.1) is 6.42 Å². The molecule has 0 unspecified atom stereocenters. The molecule has 1 aliphatic rings. The molecule has 0 spiro atoms. The van der Waals surface area contributed by atoms with Crippen molar-refractivity contribution >= 4 is 12.1 Å². The maximum atomic E-state index is 10.3. The van der Waals surface area contributed by atoms with Crippen LogP contribution in [-0.4, -0.2) is 30.9 Å². The van der Waals surface area contributed by atoms with Crippen molar-refractivity contribution in [3.05, 3.63) is 61.0 Å². The molecule has 36 heavy (non-hydrogen) atoms. The van der Waals surface area contributed by atoms with Gasteiger partial charge in [-0.2, -0.15) is 12.8 Å². The van der Waals surface area contributed by atoms with E-state index < -0.39 is 0 Å². The number of para-hydroxylation sites is 1. The molecule has 0 bridgehead atoms. The molecule has 0 saturated carbocycles. The van der Waals surface area contributed by atoms with Crippen molar-refractivity contribution in [1.29, 1.82) is 0 Å². The molecule has 1 fully saturated rings. The average molecular weight is 667 g/mol. The van der Waals surface area contributed by atoms with E-state index in [9.17, 15) is 4.79 Å². The fraction of sp³-hybridized carbons (Fsp3) is 0.562. The van der Waals surface area contributed by atoms with Gasteiger partial charge in [0.1, 0.15) is 0 Å². The Balaban J connectivity index is -0.000000491. The summed E-state index contributed by atoms with van der Waals surface area (Å²) in [4.78, 5) is 12.9. The largest absolute Gasteiger partial charge is 2.00 e. The van der Waals surface area contributed by atoms with Gasteiger partial charge < -0.3 is 21.4 Å². The summed E-state index contributed by atoms with van der Waals surface area (Å²) < 4.78 is 0. The number of hydrogen-bond donors (Lipinski definition) is 1. The van der Waals surface area contributed by atoms with Crippen LogP contribution >= 0.6 is 0 Å². The van der Waals surface area contributed by atoms with Gasteiger partial charge >= 0.3 is 21.1 Å². The van der Waals surface area contributed by atoms with Gasteiger partial charge in [0.25, 0.3) is 0 Å². The molecule has 0 aromatic heterocycles. The molecule has 1 aliphatic heterocycles. The molecule has 0 radical (unpaired) electrons. The average Bonchev–Trinajstić information content (AvgIpc) is 2.96. The number of nitrogens with zero attached hydrogens (tertiary/aromatic N) is 1. The van der Waals surface area contributed by atoms with E-state index >= 15 is 0 Å². The fourth-order valence-corrected chi connectivity index (χ4v) is 3.66. The molecule has 204 valence electrons. The summed E-state index contributed by atoms with van der Waals surface area (Å²) in [5, 5.41) is 2.57. The Kier molecular flexibility index (Phi) is 34.3. The molecular weight excluding hydrogens is 612 g/mol. The maximum absolute atomic E-state index is 10.3. The molecule has 3 nitrogen and oxygen atoms in total. The van der Waals surface area contributed by atoms with Gasteiger partial charge in [-0.25, -0.2) is 0 Å². The first kappa shape index (κ1) is 39.1.